The average Bonchev–Trinajstić information content (AvgIpc) is 2.39. The first-order chi connectivity index (χ1) is 8.70. The Morgan fingerprint density at radius 2 is 2.17 bits per heavy atom. The summed E-state index contributed by atoms with van der Waals surface area (Å²) < 4.78 is 6.04. The van der Waals surface area contributed by atoms with Crippen LogP contribution >= 0.6 is 15.9 Å². The zero-order valence-electron chi connectivity index (χ0n) is 10.5. The Kier molecular flexibility index (Phi) is 5.00. The van der Waals surface area contributed by atoms with Gasteiger partial charge < -0.3 is 15.2 Å². The minimum absolute atomic E-state index is 0.469. The molecule has 0 aromatic heterocycles. The van der Waals surface area contributed by atoms with Crippen LogP contribution in [0.25, 0.3) is 0 Å². The first-order valence-electron chi connectivity index (χ1n) is 6.15. The summed E-state index contributed by atoms with van der Waals surface area (Å²) in [4.78, 5) is 2.28. The predicted molar refractivity (Wildman–Crippen MR) is 75.0 cm³/mol. The molecule has 1 aromatic carbocycles. The number of β-amino-alcohol motifs (C(OH)–C–C–N with tert-alkyl or cyclic N) is 1. The number of nitrogens with one attached hydrogen (secondary N) is 1. The van der Waals surface area contributed by atoms with Crippen molar-refractivity contribution in [2.45, 2.75) is 6.10 Å². The number of hydrogen-bond acceptors (Lipinski definition) is 4. The van der Waals surface area contributed by atoms with E-state index in [4.69, 9.17) is 4.74 Å². The predicted octanol–water partition coefficient (Wildman–Crippen LogP) is 1.40. The van der Waals surface area contributed by atoms with Crippen molar-refractivity contribution in [2.75, 3.05) is 39.8 Å². The minimum Gasteiger partial charge on any atom is -0.497 e. The first-order valence-corrected chi connectivity index (χ1v) is 6.94. The molecule has 1 aliphatic rings. The van der Waals surface area contributed by atoms with E-state index in [1.165, 1.54) is 0 Å². The van der Waals surface area contributed by atoms with Crippen LogP contribution in [0.15, 0.2) is 22.7 Å². The monoisotopic (exact) mass is 314 g/mol. The highest BCUT2D eigenvalue weighted by molar-refractivity contribution is 9.10. The summed E-state index contributed by atoms with van der Waals surface area (Å²) in [6, 6.07) is 5.67. The Balaban J connectivity index is 2.01. The minimum atomic E-state index is -0.469. The molecule has 1 fully saturated rings. The van der Waals surface area contributed by atoms with Gasteiger partial charge in [-0.15, -0.1) is 0 Å². The summed E-state index contributed by atoms with van der Waals surface area (Å²) in [5.74, 6) is 0.792. The molecule has 2 N–H and O–H groups in total. The van der Waals surface area contributed by atoms with Crippen LogP contribution in [0.5, 0.6) is 5.75 Å². The lowest BCUT2D eigenvalue weighted by molar-refractivity contribution is 0.105. The van der Waals surface area contributed by atoms with E-state index < -0.39 is 6.10 Å². The van der Waals surface area contributed by atoms with Gasteiger partial charge >= 0.3 is 0 Å². The summed E-state index contributed by atoms with van der Waals surface area (Å²) in [5, 5.41) is 13.6. The van der Waals surface area contributed by atoms with Gasteiger partial charge in [-0.3, -0.25) is 4.90 Å². The van der Waals surface area contributed by atoms with E-state index in [2.05, 4.69) is 26.1 Å². The topological polar surface area (TPSA) is 44.7 Å². The smallest absolute Gasteiger partial charge is 0.120 e. The van der Waals surface area contributed by atoms with Crippen molar-refractivity contribution in [1.29, 1.82) is 0 Å². The fourth-order valence-corrected chi connectivity index (χ4v) is 2.76. The van der Waals surface area contributed by atoms with Gasteiger partial charge in [-0.2, -0.15) is 0 Å². The lowest BCUT2D eigenvalue weighted by atomic mass is 10.1. The number of methoxy groups -OCH3 is 1. The van der Waals surface area contributed by atoms with Crippen LogP contribution in [0.2, 0.25) is 0 Å². The molecule has 5 heteroatoms. The number of benzene rings is 1. The van der Waals surface area contributed by atoms with Crippen molar-refractivity contribution in [1.82, 2.24) is 10.2 Å². The van der Waals surface area contributed by atoms with Gasteiger partial charge in [0.2, 0.25) is 0 Å². The Hall–Kier alpha value is -0.620. The highest BCUT2D eigenvalue weighted by atomic mass is 79.9. The molecule has 0 bridgehead atoms. The molecule has 1 aliphatic heterocycles. The molecule has 1 aromatic rings. The number of aliphatic hydroxyl groups excluding tert-OH is 1. The highest BCUT2D eigenvalue weighted by Gasteiger charge is 2.17. The maximum absolute atomic E-state index is 10.3. The van der Waals surface area contributed by atoms with Crippen molar-refractivity contribution in [3.8, 4) is 5.75 Å². The van der Waals surface area contributed by atoms with Crippen molar-refractivity contribution >= 4 is 15.9 Å². The van der Waals surface area contributed by atoms with Gasteiger partial charge in [0.05, 0.1) is 13.2 Å². The van der Waals surface area contributed by atoms with Gasteiger partial charge in [-0.1, -0.05) is 22.0 Å². The highest BCUT2D eigenvalue weighted by Crippen LogP contribution is 2.28. The standard InChI is InChI=1S/C13H19BrN2O2/c1-18-10-2-3-11(12(14)8-10)13(17)9-16-6-4-15-5-7-16/h2-3,8,13,15,17H,4-7,9H2,1H3. The third-order valence-electron chi connectivity index (χ3n) is 3.21. The van der Waals surface area contributed by atoms with Crippen molar-refractivity contribution in [3.63, 3.8) is 0 Å². The van der Waals surface area contributed by atoms with E-state index in [1.54, 1.807) is 7.11 Å². The fraction of sp³-hybridized carbons (Fsp3) is 0.538. The molecule has 1 atom stereocenters. The summed E-state index contributed by atoms with van der Waals surface area (Å²) in [6.07, 6.45) is -0.469. The van der Waals surface area contributed by atoms with E-state index in [1.807, 2.05) is 18.2 Å². The van der Waals surface area contributed by atoms with E-state index in [9.17, 15) is 5.11 Å². The maximum Gasteiger partial charge on any atom is 0.120 e. The second-order valence-corrected chi connectivity index (χ2v) is 5.31. The molecule has 1 unspecified atom stereocenters. The van der Waals surface area contributed by atoms with Crippen LogP contribution in [0.3, 0.4) is 0 Å². The Morgan fingerprint density at radius 3 is 2.78 bits per heavy atom. The van der Waals surface area contributed by atoms with E-state index in [0.717, 1.165) is 42.0 Å². The van der Waals surface area contributed by atoms with Crippen molar-refractivity contribution < 1.29 is 9.84 Å². The number of rotatable bonds is 4. The molecule has 2 rings (SSSR count). The molecule has 0 aliphatic carbocycles. The Morgan fingerprint density at radius 1 is 1.44 bits per heavy atom. The van der Waals surface area contributed by atoms with Crippen molar-refractivity contribution in [3.05, 3.63) is 28.2 Å². The molecule has 1 saturated heterocycles. The molecular weight excluding hydrogens is 296 g/mol. The second kappa shape index (κ2) is 6.52. The SMILES string of the molecule is COc1ccc(C(O)CN2CCNCC2)c(Br)c1. The molecule has 18 heavy (non-hydrogen) atoms. The molecular formula is C13H19BrN2O2. The van der Waals surface area contributed by atoms with Crippen LogP contribution in [0.1, 0.15) is 11.7 Å². The van der Waals surface area contributed by atoms with E-state index in [-0.39, 0.29) is 0 Å². The summed E-state index contributed by atoms with van der Waals surface area (Å²) in [5.41, 5.74) is 0.911. The maximum atomic E-state index is 10.3. The third kappa shape index (κ3) is 3.45. The lowest BCUT2D eigenvalue weighted by Gasteiger charge is -2.29. The molecule has 4 nitrogen and oxygen atoms in total. The number of halogens is 1. The average molecular weight is 315 g/mol. The Bertz CT molecular complexity index is 395. The molecule has 0 amide bonds. The zero-order chi connectivity index (χ0) is 13.0. The number of aliphatic hydroxyl groups is 1. The quantitative estimate of drug-likeness (QED) is 0.881. The van der Waals surface area contributed by atoms with Gasteiger partial charge in [0.15, 0.2) is 0 Å². The summed E-state index contributed by atoms with van der Waals surface area (Å²) in [7, 11) is 1.64. The van der Waals surface area contributed by atoms with Crippen LogP contribution in [-0.2, 0) is 0 Å². The van der Waals surface area contributed by atoms with Crippen LogP contribution in [-0.4, -0.2) is 49.8 Å². The third-order valence-corrected chi connectivity index (χ3v) is 3.89. The van der Waals surface area contributed by atoms with Crippen LogP contribution < -0.4 is 10.1 Å². The van der Waals surface area contributed by atoms with Gasteiger partial charge in [-0.25, -0.2) is 0 Å². The number of hydrogen-bond donors (Lipinski definition) is 2. The number of nitrogens with zero attached hydrogens (tertiary/aromatic N) is 1. The van der Waals surface area contributed by atoms with Gasteiger partial charge in [0.1, 0.15) is 5.75 Å². The largest absolute Gasteiger partial charge is 0.497 e. The zero-order valence-corrected chi connectivity index (χ0v) is 12.1. The lowest BCUT2D eigenvalue weighted by Crippen LogP contribution is -2.45. The summed E-state index contributed by atoms with van der Waals surface area (Å²) in [6.45, 7) is 4.65. The van der Waals surface area contributed by atoms with Gasteiger partial charge in [-0.05, 0) is 17.7 Å². The first kappa shape index (κ1) is 13.8. The molecule has 0 saturated carbocycles. The van der Waals surface area contributed by atoms with Crippen LogP contribution in [0, 0.1) is 0 Å². The Labute approximate surface area is 116 Å². The molecule has 100 valence electrons. The summed E-state index contributed by atoms with van der Waals surface area (Å²) >= 11 is 3.48. The van der Waals surface area contributed by atoms with E-state index in [0.29, 0.717) is 6.54 Å². The molecule has 1 heterocycles. The van der Waals surface area contributed by atoms with Crippen LogP contribution in [0.4, 0.5) is 0 Å². The van der Waals surface area contributed by atoms with Crippen molar-refractivity contribution in [2.24, 2.45) is 0 Å². The fourth-order valence-electron chi connectivity index (χ4n) is 2.14. The van der Waals surface area contributed by atoms with Gasteiger partial charge in [0.25, 0.3) is 0 Å². The second-order valence-electron chi connectivity index (χ2n) is 4.45. The number of ether oxygens (including phenoxy) is 1. The number of piperazine rings is 1. The normalized spacial score (nSPS) is 18.6. The van der Waals surface area contributed by atoms with E-state index >= 15 is 0 Å². The van der Waals surface area contributed by atoms with Gasteiger partial charge in [0, 0.05) is 37.2 Å². The molecule has 0 radical (unpaired) electrons. The molecule has 0 spiro atoms.